The Bertz CT molecular complexity index is 926. The molecule has 0 aliphatic heterocycles. The number of aliphatic hydroxyl groups excluding tert-OH is 1. The van der Waals surface area contributed by atoms with Gasteiger partial charge in [-0.2, -0.15) is 0 Å². The number of rotatable bonds is 7. The molecule has 0 fully saturated rings. The van der Waals surface area contributed by atoms with Gasteiger partial charge in [-0.05, 0) is 29.7 Å². The Labute approximate surface area is 190 Å². The number of benzene rings is 3. The Morgan fingerprint density at radius 2 is 1.29 bits per heavy atom. The summed E-state index contributed by atoms with van der Waals surface area (Å²) in [6, 6.07) is 24.9. The van der Waals surface area contributed by atoms with Gasteiger partial charge < -0.3 is 19.9 Å². The van der Waals surface area contributed by atoms with Crippen LogP contribution in [0.4, 0.5) is 0 Å². The molecule has 0 spiro atoms. The van der Waals surface area contributed by atoms with Crippen molar-refractivity contribution < 1.29 is 14.6 Å². The summed E-state index contributed by atoms with van der Waals surface area (Å²) in [4.78, 5) is 0. The van der Waals surface area contributed by atoms with E-state index in [4.69, 9.17) is 9.47 Å². The predicted molar refractivity (Wildman–Crippen MR) is 127 cm³/mol. The predicted octanol–water partition coefficient (Wildman–Crippen LogP) is 4.38. The van der Waals surface area contributed by atoms with Crippen LogP contribution in [0, 0.1) is 0 Å². The number of methoxy groups -OCH3 is 2. The zero-order valence-electron chi connectivity index (χ0n) is 18.0. The van der Waals surface area contributed by atoms with Crippen molar-refractivity contribution in [1.82, 2.24) is 5.32 Å². The fourth-order valence-corrected chi connectivity index (χ4v) is 4.46. The zero-order valence-corrected chi connectivity index (χ0v) is 18.8. The first-order valence-electron chi connectivity index (χ1n) is 10.4. The van der Waals surface area contributed by atoms with Gasteiger partial charge in [0.25, 0.3) is 0 Å². The van der Waals surface area contributed by atoms with Crippen LogP contribution in [0.5, 0.6) is 11.5 Å². The van der Waals surface area contributed by atoms with Crippen LogP contribution < -0.4 is 14.8 Å². The van der Waals surface area contributed by atoms with Crippen LogP contribution in [0.2, 0.25) is 0 Å². The average Bonchev–Trinajstić information content (AvgIpc) is 2.80. The van der Waals surface area contributed by atoms with Gasteiger partial charge in [-0.25, -0.2) is 0 Å². The van der Waals surface area contributed by atoms with E-state index in [-0.39, 0.29) is 24.4 Å². The Morgan fingerprint density at radius 1 is 0.806 bits per heavy atom. The van der Waals surface area contributed by atoms with E-state index in [0.717, 1.165) is 29.2 Å². The zero-order chi connectivity index (χ0) is 20.9. The van der Waals surface area contributed by atoms with E-state index in [1.165, 1.54) is 11.1 Å². The van der Waals surface area contributed by atoms with E-state index in [0.29, 0.717) is 12.8 Å². The molecular formula is C26H30ClNO3. The summed E-state index contributed by atoms with van der Waals surface area (Å²) in [6.45, 7) is 0.747. The number of hydrogen-bond acceptors (Lipinski definition) is 4. The average molecular weight is 440 g/mol. The van der Waals surface area contributed by atoms with Gasteiger partial charge in [0, 0.05) is 36.1 Å². The fourth-order valence-electron chi connectivity index (χ4n) is 4.46. The van der Waals surface area contributed by atoms with Gasteiger partial charge in [0.05, 0.1) is 20.3 Å². The molecule has 4 nitrogen and oxygen atoms in total. The van der Waals surface area contributed by atoms with Gasteiger partial charge >= 0.3 is 0 Å². The van der Waals surface area contributed by atoms with E-state index < -0.39 is 6.10 Å². The maximum absolute atomic E-state index is 10.9. The molecule has 0 heterocycles. The highest BCUT2D eigenvalue weighted by Crippen LogP contribution is 2.36. The summed E-state index contributed by atoms with van der Waals surface area (Å²) in [7, 11) is 3.36. The molecule has 1 aliphatic carbocycles. The molecule has 164 valence electrons. The Kier molecular flexibility index (Phi) is 7.97. The largest absolute Gasteiger partial charge is 0.496 e. The highest BCUT2D eigenvalue weighted by atomic mass is 35.5. The topological polar surface area (TPSA) is 50.7 Å². The maximum Gasteiger partial charge on any atom is 0.122 e. The third kappa shape index (κ3) is 5.04. The normalized spacial score (nSPS) is 17.5. The van der Waals surface area contributed by atoms with Crippen molar-refractivity contribution in [3.63, 3.8) is 0 Å². The van der Waals surface area contributed by atoms with Crippen molar-refractivity contribution in [2.24, 2.45) is 0 Å². The molecular weight excluding hydrogens is 410 g/mol. The molecule has 0 aromatic heterocycles. The van der Waals surface area contributed by atoms with Crippen LogP contribution in [-0.2, 0) is 12.8 Å². The Balaban J connectivity index is 0.00000272. The first-order chi connectivity index (χ1) is 14.7. The number of hydrogen-bond donors (Lipinski definition) is 2. The number of ether oxygens (including phenoxy) is 2. The molecule has 0 bridgehead atoms. The third-order valence-corrected chi connectivity index (χ3v) is 6.07. The van der Waals surface area contributed by atoms with Gasteiger partial charge in [-0.3, -0.25) is 0 Å². The lowest BCUT2D eigenvalue weighted by Gasteiger charge is -2.33. The van der Waals surface area contributed by atoms with Gasteiger partial charge in [0.15, 0.2) is 0 Å². The Hall–Kier alpha value is -2.53. The highest BCUT2D eigenvalue weighted by Gasteiger charge is 2.31. The molecule has 0 amide bonds. The second kappa shape index (κ2) is 10.7. The van der Waals surface area contributed by atoms with E-state index in [1.54, 1.807) is 14.2 Å². The molecule has 3 aromatic rings. The molecule has 2 atom stereocenters. The summed E-state index contributed by atoms with van der Waals surface area (Å²) in [5, 5.41) is 14.5. The van der Waals surface area contributed by atoms with Crippen molar-refractivity contribution in [3.05, 3.63) is 95.1 Å². The van der Waals surface area contributed by atoms with Gasteiger partial charge in [0.2, 0.25) is 0 Å². The monoisotopic (exact) mass is 439 g/mol. The number of fused-ring (bicyclic) bond motifs is 1. The fraction of sp³-hybridized carbons (Fsp3) is 0.308. The van der Waals surface area contributed by atoms with Gasteiger partial charge in [0.1, 0.15) is 11.5 Å². The standard InChI is InChI=1S/C26H29NO3.ClH/c1-29-25-13-14-26(30-2)21-16-24(28)23(15-20(21)25)27-17-22(18-9-5-3-6-10-18)19-11-7-4-8-12-19;/h3-14,22-24,27-28H,15-17H2,1-2H3;1H. The minimum Gasteiger partial charge on any atom is -0.496 e. The first kappa shape index (κ1) is 23.1. The minimum absolute atomic E-state index is 0. The summed E-state index contributed by atoms with van der Waals surface area (Å²) in [5.41, 5.74) is 4.70. The Morgan fingerprint density at radius 3 is 1.77 bits per heavy atom. The van der Waals surface area contributed by atoms with E-state index >= 15 is 0 Å². The molecule has 0 saturated heterocycles. The van der Waals surface area contributed by atoms with Crippen LogP contribution in [0.25, 0.3) is 0 Å². The lowest BCUT2D eigenvalue weighted by Crippen LogP contribution is -2.47. The molecule has 31 heavy (non-hydrogen) atoms. The molecule has 1 aliphatic rings. The van der Waals surface area contributed by atoms with Crippen molar-refractivity contribution in [1.29, 1.82) is 0 Å². The number of halogens is 1. The summed E-state index contributed by atoms with van der Waals surface area (Å²) in [5.74, 6) is 1.88. The van der Waals surface area contributed by atoms with E-state index in [1.807, 2.05) is 24.3 Å². The minimum atomic E-state index is -0.481. The molecule has 5 heteroatoms. The quantitative estimate of drug-likeness (QED) is 0.573. The smallest absolute Gasteiger partial charge is 0.122 e. The third-order valence-electron chi connectivity index (χ3n) is 6.07. The second-order valence-electron chi connectivity index (χ2n) is 7.79. The van der Waals surface area contributed by atoms with Crippen LogP contribution in [0.1, 0.15) is 28.2 Å². The van der Waals surface area contributed by atoms with Crippen molar-refractivity contribution in [3.8, 4) is 11.5 Å². The van der Waals surface area contributed by atoms with Crippen LogP contribution in [-0.4, -0.2) is 38.0 Å². The molecule has 2 N–H and O–H groups in total. The number of nitrogens with one attached hydrogen (secondary N) is 1. The van der Waals surface area contributed by atoms with E-state index in [2.05, 4.69) is 53.8 Å². The molecule has 3 aromatic carbocycles. The SMILES string of the molecule is COc1ccc(OC)c2c1CC(O)C(NCC(c1ccccc1)c1ccccc1)C2.Cl. The summed E-state index contributed by atoms with van der Waals surface area (Å²) in [6.07, 6.45) is 0.771. The highest BCUT2D eigenvalue weighted by molar-refractivity contribution is 5.85. The first-order valence-corrected chi connectivity index (χ1v) is 10.4. The molecule has 4 rings (SSSR count). The second-order valence-corrected chi connectivity index (χ2v) is 7.79. The van der Waals surface area contributed by atoms with Crippen LogP contribution >= 0.6 is 12.4 Å². The maximum atomic E-state index is 10.9. The van der Waals surface area contributed by atoms with Gasteiger partial charge in [-0.1, -0.05) is 60.7 Å². The van der Waals surface area contributed by atoms with Crippen molar-refractivity contribution in [2.75, 3.05) is 20.8 Å². The molecule has 2 unspecified atom stereocenters. The van der Waals surface area contributed by atoms with Crippen molar-refractivity contribution >= 4 is 12.4 Å². The lowest BCUT2D eigenvalue weighted by atomic mass is 9.84. The van der Waals surface area contributed by atoms with E-state index in [9.17, 15) is 5.11 Å². The van der Waals surface area contributed by atoms with Crippen molar-refractivity contribution in [2.45, 2.75) is 30.9 Å². The summed E-state index contributed by atoms with van der Waals surface area (Å²) < 4.78 is 11.1. The van der Waals surface area contributed by atoms with Crippen LogP contribution in [0.15, 0.2) is 72.8 Å². The molecule has 0 saturated carbocycles. The number of aliphatic hydroxyl groups is 1. The van der Waals surface area contributed by atoms with Crippen LogP contribution in [0.3, 0.4) is 0 Å². The van der Waals surface area contributed by atoms with Gasteiger partial charge in [-0.15, -0.1) is 12.4 Å². The molecule has 0 radical (unpaired) electrons. The summed E-state index contributed by atoms with van der Waals surface area (Å²) >= 11 is 0. The lowest BCUT2D eigenvalue weighted by molar-refractivity contribution is 0.117.